The van der Waals surface area contributed by atoms with E-state index in [1.807, 2.05) is 0 Å². The maximum Gasteiger partial charge on any atom is 0.0352 e. The quantitative estimate of drug-likeness (QED) is 0.641. The summed E-state index contributed by atoms with van der Waals surface area (Å²) in [6, 6.07) is 17.3. The topological polar surface area (TPSA) is 0 Å². The predicted molar refractivity (Wildman–Crippen MR) is 82.4 cm³/mol. The molecule has 2 aromatic carbocycles. The van der Waals surface area contributed by atoms with Gasteiger partial charge in [0.15, 0.2) is 0 Å². The van der Waals surface area contributed by atoms with Gasteiger partial charge in [-0.05, 0) is 42.3 Å². The van der Waals surface area contributed by atoms with E-state index in [1.165, 1.54) is 41.5 Å². The molecule has 3 rings (SSSR count). The van der Waals surface area contributed by atoms with E-state index in [9.17, 15) is 0 Å². The summed E-state index contributed by atoms with van der Waals surface area (Å²) in [5.41, 5.74) is 4.98. The Labute approximate surface area is 117 Å². The number of benzene rings is 2. The van der Waals surface area contributed by atoms with Crippen LogP contribution in [0.2, 0.25) is 0 Å². The van der Waals surface area contributed by atoms with Crippen molar-refractivity contribution in [1.29, 1.82) is 0 Å². The average molecular weight is 251 g/mol. The van der Waals surface area contributed by atoms with Crippen molar-refractivity contribution in [2.45, 2.75) is 44.9 Å². The molecule has 1 aliphatic carbocycles. The standard InChI is InChI=1S/C19H22/c1-15-7-9-17(10-8-15)19-13-11-18(12-14-19)16-5-3-2-4-6-16/h7-14,16H,2-6H2,1H3/i16D. The summed E-state index contributed by atoms with van der Waals surface area (Å²) < 4.78 is 8.66. The van der Waals surface area contributed by atoms with Gasteiger partial charge in [0.05, 0.1) is 0 Å². The third-order valence-corrected chi connectivity index (χ3v) is 4.14. The Morgan fingerprint density at radius 1 is 0.789 bits per heavy atom. The monoisotopic (exact) mass is 251 g/mol. The zero-order valence-electron chi connectivity index (χ0n) is 12.7. The second-order valence-corrected chi connectivity index (χ2v) is 5.61. The Bertz CT molecular complexity index is 560. The highest BCUT2D eigenvalue weighted by Gasteiger charge is 2.15. The van der Waals surface area contributed by atoms with E-state index in [4.69, 9.17) is 1.37 Å². The fourth-order valence-corrected chi connectivity index (χ4v) is 2.91. The average Bonchev–Trinajstić information content (AvgIpc) is 2.49. The summed E-state index contributed by atoms with van der Waals surface area (Å²) >= 11 is 0. The van der Waals surface area contributed by atoms with E-state index in [0.717, 1.165) is 12.8 Å². The molecule has 0 atom stereocenters. The highest BCUT2D eigenvalue weighted by atomic mass is 14.2. The highest BCUT2D eigenvalue weighted by Crippen LogP contribution is 2.33. The van der Waals surface area contributed by atoms with Crippen LogP contribution in [0.3, 0.4) is 0 Å². The Morgan fingerprint density at radius 2 is 1.32 bits per heavy atom. The van der Waals surface area contributed by atoms with Crippen molar-refractivity contribution >= 4 is 0 Å². The fourth-order valence-electron chi connectivity index (χ4n) is 2.91. The summed E-state index contributed by atoms with van der Waals surface area (Å²) in [5, 5.41) is 0. The van der Waals surface area contributed by atoms with Crippen LogP contribution in [-0.2, 0) is 0 Å². The molecule has 1 saturated carbocycles. The molecular formula is C19H22. The largest absolute Gasteiger partial charge is 0.0587 e. The fraction of sp³-hybridized carbons (Fsp3) is 0.368. The normalized spacial score (nSPS) is 18.9. The smallest absolute Gasteiger partial charge is 0.0352 e. The number of aryl methyl sites for hydroxylation is 1. The van der Waals surface area contributed by atoms with Gasteiger partial charge in [-0.25, -0.2) is 0 Å². The van der Waals surface area contributed by atoms with Crippen LogP contribution in [0, 0.1) is 6.92 Å². The van der Waals surface area contributed by atoms with Crippen LogP contribution >= 0.6 is 0 Å². The van der Waals surface area contributed by atoms with Crippen LogP contribution in [0.5, 0.6) is 0 Å². The number of rotatable bonds is 2. The van der Waals surface area contributed by atoms with Crippen molar-refractivity contribution in [1.82, 2.24) is 0 Å². The van der Waals surface area contributed by atoms with E-state index >= 15 is 0 Å². The van der Waals surface area contributed by atoms with Crippen LogP contribution in [0.1, 0.15) is 50.5 Å². The van der Waals surface area contributed by atoms with E-state index in [-0.39, 0.29) is 5.89 Å². The molecule has 19 heavy (non-hydrogen) atoms. The first-order chi connectivity index (χ1) is 9.67. The maximum absolute atomic E-state index is 8.66. The zero-order valence-corrected chi connectivity index (χ0v) is 11.7. The van der Waals surface area contributed by atoms with E-state index < -0.39 is 0 Å². The van der Waals surface area contributed by atoms with Gasteiger partial charge in [-0.15, -0.1) is 0 Å². The molecule has 0 bridgehead atoms. The van der Waals surface area contributed by atoms with Gasteiger partial charge in [0.2, 0.25) is 0 Å². The van der Waals surface area contributed by atoms with Crippen molar-refractivity contribution in [3.05, 3.63) is 59.7 Å². The molecule has 0 heteroatoms. The molecule has 0 radical (unpaired) electrons. The lowest BCUT2D eigenvalue weighted by Gasteiger charge is -2.22. The first kappa shape index (κ1) is 11.3. The lowest BCUT2D eigenvalue weighted by atomic mass is 9.84. The van der Waals surface area contributed by atoms with Crippen LogP contribution in [0.4, 0.5) is 0 Å². The van der Waals surface area contributed by atoms with Gasteiger partial charge in [-0.3, -0.25) is 0 Å². The molecule has 1 aliphatic rings. The third-order valence-electron chi connectivity index (χ3n) is 4.14. The zero-order chi connectivity index (χ0) is 14.0. The van der Waals surface area contributed by atoms with Gasteiger partial charge >= 0.3 is 0 Å². The lowest BCUT2D eigenvalue weighted by molar-refractivity contribution is 0.443. The van der Waals surface area contributed by atoms with Crippen molar-refractivity contribution in [3.63, 3.8) is 0 Å². The van der Waals surface area contributed by atoms with Gasteiger partial charge in [-0.2, -0.15) is 0 Å². The minimum Gasteiger partial charge on any atom is -0.0587 e. The molecule has 0 aliphatic heterocycles. The van der Waals surface area contributed by atoms with Gasteiger partial charge in [0.25, 0.3) is 0 Å². The molecule has 0 heterocycles. The van der Waals surface area contributed by atoms with Crippen molar-refractivity contribution in [2.24, 2.45) is 0 Å². The summed E-state index contributed by atoms with van der Waals surface area (Å²) in [6.07, 6.45) is 5.71. The van der Waals surface area contributed by atoms with Gasteiger partial charge in [0.1, 0.15) is 0 Å². The van der Waals surface area contributed by atoms with Gasteiger partial charge < -0.3 is 0 Å². The molecule has 2 aromatic rings. The molecule has 0 spiro atoms. The van der Waals surface area contributed by atoms with Crippen LogP contribution < -0.4 is 0 Å². The minimum atomic E-state index is -0.343. The van der Waals surface area contributed by atoms with Crippen molar-refractivity contribution < 1.29 is 1.37 Å². The van der Waals surface area contributed by atoms with E-state index in [2.05, 4.69) is 55.5 Å². The van der Waals surface area contributed by atoms with Crippen LogP contribution in [0.15, 0.2) is 48.5 Å². The SMILES string of the molecule is [2H]C1(c2ccc(-c3ccc(C)cc3)cc2)CCCCC1. The lowest BCUT2D eigenvalue weighted by Crippen LogP contribution is -2.04. The minimum absolute atomic E-state index is 0.343. The Morgan fingerprint density at radius 3 is 1.89 bits per heavy atom. The first-order valence-corrected chi connectivity index (χ1v) is 7.35. The van der Waals surface area contributed by atoms with Crippen molar-refractivity contribution in [3.8, 4) is 11.1 Å². The Kier molecular flexibility index (Phi) is 3.33. The first-order valence-electron chi connectivity index (χ1n) is 7.85. The highest BCUT2D eigenvalue weighted by molar-refractivity contribution is 5.64. The number of hydrogen-bond donors (Lipinski definition) is 0. The van der Waals surface area contributed by atoms with Crippen LogP contribution in [-0.4, -0.2) is 0 Å². The molecular weight excluding hydrogens is 228 g/mol. The second kappa shape index (κ2) is 5.61. The third kappa shape index (κ3) is 2.89. The molecule has 0 saturated heterocycles. The molecule has 0 aromatic heterocycles. The van der Waals surface area contributed by atoms with Crippen molar-refractivity contribution in [2.75, 3.05) is 0 Å². The molecule has 1 fully saturated rings. The second-order valence-electron chi connectivity index (χ2n) is 5.61. The van der Waals surface area contributed by atoms with E-state index in [1.54, 1.807) is 0 Å². The Hall–Kier alpha value is -1.56. The number of hydrogen-bond acceptors (Lipinski definition) is 0. The summed E-state index contributed by atoms with van der Waals surface area (Å²) in [7, 11) is 0. The maximum atomic E-state index is 8.66. The molecule has 98 valence electrons. The molecule has 0 N–H and O–H groups in total. The Balaban J connectivity index is 1.85. The van der Waals surface area contributed by atoms with Gasteiger partial charge in [-0.1, -0.05) is 73.4 Å². The molecule has 0 nitrogen and oxygen atoms in total. The summed E-state index contributed by atoms with van der Waals surface area (Å²) in [5.74, 6) is -0.343. The molecule has 0 unspecified atom stereocenters. The van der Waals surface area contributed by atoms with Gasteiger partial charge in [0, 0.05) is 1.37 Å². The van der Waals surface area contributed by atoms with Crippen LogP contribution in [0.25, 0.3) is 11.1 Å². The van der Waals surface area contributed by atoms with E-state index in [0.29, 0.717) is 0 Å². The predicted octanol–water partition coefficient (Wildman–Crippen LogP) is 5.71. The summed E-state index contributed by atoms with van der Waals surface area (Å²) in [6.45, 7) is 2.11. The summed E-state index contributed by atoms with van der Waals surface area (Å²) in [4.78, 5) is 0. The molecule has 0 amide bonds.